The Labute approximate surface area is 159 Å². The normalized spacial score (nSPS) is 20.6. The molecule has 0 aromatic heterocycles. The van der Waals surface area contributed by atoms with Crippen LogP contribution in [0.3, 0.4) is 0 Å². The fraction of sp³-hybridized carbons (Fsp3) is 0.579. The van der Waals surface area contributed by atoms with E-state index >= 15 is 0 Å². The molecule has 0 aliphatic carbocycles. The summed E-state index contributed by atoms with van der Waals surface area (Å²) < 4.78 is 5.51. The Kier molecular flexibility index (Phi) is 6.80. The zero-order valence-corrected chi connectivity index (χ0v) is 16.0. The van der Waals surface area contributed by atoms with Gasteiger partial charge in [-0.3, -0.25) is 4.79 Å². The maximum absolute atomic E-state index is 12.4. The molecule has 7 heteroatoms. The molecule has 0 spiro atoms. The van der Waals surface area contributed by atoms with E-state index in [4.69, 9.17) is 4.74 Å². The number of ether oxygens (including phenoxy) is 1. The molecule has 0 radical (unpaired) electrons. The second kappa shape index (κ2) is 9.28. The zero-order valence-electron chi connectivity index (χ0n) is 15.2. The van der Waals surface area contributed by atoms with E-state index in [0.717, 1.165) is 43.8 Å². The summed E-state index contributed by atoms with van der Waals surface area (Å²) in [5, 5.41) is 5.81. The number of carbonyl (C=O) groups excluding carboxylic acids is 2. The van der Waals surface area contributed by atoms with Gasteiger partial charge in [-0.15, -0.1) is 0 Å². The molecule has 2 saturated heterocycles. The monoisotopic (exact) mass is 377 g/mol. The second-order valence-corrected chi connectivity index (χ2v) is 8.03. The Balaban J connectivity index is 1.48. The summed E-state index contributed by atoms with van der Waals surface area (Å²) in [6.07, 6.45) is 4.27. The Morgan fingerprint density at radius 3 is 2.58 bits per heavy atom. The van der Waals surface area contributed by atoms with Crippen LogP contribution in [0.25, 0.3) is 0 Å². The van der Waals surface area contributed by atoms with Crippen LogP contribution in [-0.2, 0) is 4.74 Å². The molecular weight excluding hydrogens is 350 g/mol. The van der Waals surface area contributed by atoms with E-state index in [-0.39, 0.29) is 18.0 Å². The van der Waals surface area contributed by atoms with E-state index in [1.165, 1.54) is 0 Å². The van der Waals surface area contributed by atoms with E-state index in [2.05, 4.69) is 10.6 Å². The summed E-state index contributed by atoms with van der Waals surface area (Å²) in [5.41, 5.74) is 1.28. The Hall–Kier alpha value is -1.73. The van der Waals surface area contributed by atoms with Crippen LogP contribution in [-0.4, -0.2) is 60.7 Å². The highest BCUT2D eigenvalue weighted by molar-refractivity contribution is 7.99. The average Bonchev–Trinajstić information content (AvgIpc) is 3.20. The molecule has 2 N–H and O–H groups in total. The first-order valence-electron chi connectivity index (χ1n) is 9.25. The van der Waals surface area contributed by atoms with Gasteiger partial charge in [-0.05, 0) is 61.5 Å². The molecule has 2 aliphatic rings. The Morgan fingerprint density at radius 1 is 1.19 bits per heavy atom. The maximum atomic E-state index is 12.4. The first-order valence-corrected chi connectivity index (χ1v) is 10.4. The number of urea groups is 1. The third-order valence-corrected chi connectivity index (χ3v) is 6.02. The van der Waals surface area contributed by atoms with Crippen LogP contribution in [0.2, 0.25) is 0 Å². The number of anilines is 1. The van der Waals surface area contributed by atoms with E-state index in [9.17, 15) is 9.59 Å². The highest BCUT2D eigenvalue weighted by atomic mass is 32.2. The van der Waals surface area contributed by atoms with E-state index < -0.39 is 0 Å². The minimum atomic E-state index is -0.116. The molecule has 0 saturated carbocycles. The fourth-order valence-corrected chi connectivity index (χ4v) is 4.35. The summed E-state index contributed by atoms with van der Waals surface area (Å²) in [6, 6.07) is 7.21. The van der Waals surface area contributed by atoms with Crippen LogP contribution in [0.1, 0.15) is 36.0 Å². The molecule has 26 heavy (non-hydrogen) atoms. The predicted octanol–water partition coefficient (Wildman–Crippen LogP) is 2.95. The summed E-state index contributed by atoms with van der Waals surface area (Å²) >= 11 is 1.94. The van der Waals surface area contributed by atoms with Gasteiger partial charge in [-0.25, -0.2) is 4.79 Å². The highest BCUT2D eigenvalue weighted by Gasteiger charge is 2.22. The molecule has 1 atom stereocenters. The minimum Gasteiger partial charge on any atom is -0.376 e. The van der Waals surface area contributed by atoms with Gasteiger partial charge in [0.25, 0.3) is 5.91 Å². The van der Waals surface area contributed by atoms with Gasteiger partial charge in [-0.2, -0.15) is 11.8 Å². The molecule has 1 aromatic carbocycles. The number of nitrogens with one attached hydrogen (secondary N) is 2. The largest absolute Gasteiger partial charge is 0.376 e. The van der Waals surface area contributed by atoms with Gasteiger partial charge in [0, 0.05) is 37.5 Å². The van der Waals surface area contributed by atoms with Crippen LogP contribution in [0.4, 0.5) is 10.5 Å². The first kappa shape index (κ1) is 19.0. The lowest BCUT2D eigenvalue weighted by Crippen LogP contribution is -2.41. The average molecular weight is 378 g/mol. The summed E-state index contributed by atoms with van der Waals surface area (Å²) in [7, 11) is 1.85. The lowest BCUT2D eigenvalue weighted by molar-refractivity contribution is 0.0858. The van der Waals surface area contributed by atoms with Crippen LogP contribution in [0.15, 0.2) is 24.3 Å². The number of thioether (sulfide) groups is 1. The quantitative estimate of drug-likeness (QED) is 0.828. The standard InChI is InChI=1S/C19H27N3O3S/c1-22(16-8-11-26-12-9-16)19(24)21-15-6-4-14(5-7-15)18(23)20-13-17-3-2-10-25-17/h4-7,16-17H,2-3,8-13H2,1H3,(H,20,23)(H,21,24)/t17-/m0/s1. The summed E-state index contributed by atoms with van der Waals surface area (Å²) in [6.45, 7) is 1.32. The predicted molar refractivity (Wildman–Crippen MR) is 105 cm³/mol. The number of hydrogen-bond donors (Lipinski definition) is 2. The third kappa shape index (κ3) is 5.14. The molecule has 6 nitrogen and oxygen atoms in total. The summed E-state index contributed by atoms with van der Waals surface area (Å²) in [4.78, 5) is 26.4. The lowest BCUT2D eigenvalue weighted by Gasteiger charge is -2.31. The molecule has 0 unspecified atom stereocenters. The molecule has 142 valence electrons. The van der Waals surface area contributed by atoms with Crippen molar-refractivity contribution < 1.29 is 14.3 Å². The van der Waals surface area contributed by atoms with Crippen molar-refractivity contribution in [3.63, 3.8) is 0 Å². The van der Waals surface area contributed by atoms with Crippen LogP contribution in [0.5, 0.6) is 0 Å². The van der Waals surface area contributed by atoms with E-state index in [0.29, 0.717) is 23.8 Å². The SMILES string of the molecule is CN(C(=O)Nc1ccc(C(=O)NC[C@@H]2CCCO2)cc1)C1CCSCC1. The van der Waals surface area contributed by atoms with Gasteiger partial charge in [0.1, 0.15) is 0 Å². The fourth-order valence-electron chi connectivity index (χ4n) is 3.27. The van der Waals surface area contributed by atoms with Gasteiger partial charge < -0.3 is 20.3 Å². The molecule has 1 aromatic rings. The van der Waals surface area contributed by atoms with Crippen LogP contribution >= 0.6 is 11.8 Å². The van der Waals surface area contributed by atoms with Crippen molar-refractivity contribution in [2.24, 2.45) is 0 Å². The maximum Gasteiger partial charge on any atom is 0.321 e. The van der Waals surface area contributed by atoms with Gasteiger partial charge in [-0.1, -0.05) is 0 Å². The molecule has 2 aliphatic heterocycles. The van der Waals surface area contributed by atoms with E-state index in [1.54, 1.807) is 29.2 Å². The van der Waals surface area contributed by atoms with Crippen molar-refractivity contribution >= 4 is 29.4 Å². The molecule has 3 amide bonds. The first-order chi connectivity index (χ1) is 12.6. The highest BCUT2D eigenvalue weighted by Crippen LogP contribution is 2.21. The van der Waals surface area contributed by atoms with Crippen LogP contribution in [0, 0.1) is 0 Å². The van der Waals surface area contributed by atoms with Crippen molar-refractivity contribution in [2.75, 3.05) is 37.0 Å². The molecule has 2 heterocycles. The molecular formula is C19H27N3O3S. The summed E-state index contributed by atoms with van der Waals surface area (Å²) in [5.74, 6) is 2.10. The van der Waals surface area contributed by atoms with Crippen LogP contribution < -0.4 is 10.6 Å². The van der Waals surface area contributed by atoms with Crippen molar-refractivity contribution in [2.45, 2.75) is 37.8 Å². The van der Waals surface area contributed by atoms with Crippen molar-refractivity contribution in [3.8, 4) is 0 Å². The topological polar surface area (TPSA) is 70.7 Å². The molecule has 0 bridgehead atoms. The second-order valence-electron chi connectivity index (χ2n) is 6.81. The van der Waals surface area contributed by atoms with Gasteiger partial charge in [0.05, 0.1) is 6.10 Å². The number of rotatable bonds is 5. The number of amides is 3. The number of nitrogens with zero attached hydrogens (tertiary/aromatic N) is 1. The molecule has 3 rings (SSSR count). The Bertz CT molecular complexity index is 611. The zero-order chi connectivity index (χ0) is 18.4. The minimum absolute atomic E-state index is 0.0996. The van der Waals surface area contributed by atoms with Gasteiger partial charge in [0.15, 0.2) is 0 Å². The van der Waals surface area contributed by atoms with Gasteiger partial charge in [0.2, 0.25) is 0 Å². The third-order valence-electron chi connectivity index (χ3n) is 4.97. The van der Waals surface area contributed by atoms with Gasteiger partial charge >= 0.3 is 6.03 Å². The number of hydrogen-bond acceptors (Lipinski definition) is 4. The van der Waals surface area contributed by atoms with Crippen molar-refractivity contribution in [1.82, 2.24) is 10.2 Å². The molecule has 2 fully saturated rings. The Morgan fingerprint density at radius 2 is 1.92 bits per heavy atom. The smallest absolute Gasteiger partial charge is 0.321 e. The van der Waals surface area contributed by atoms with E-state index in [1.807, 2.05) is 18.8 Å². The number of carbonyl (C=O) groups is 2. The van der Waals surface area contributed by atoms with Crippen molar-refractivity contribution in [1.29, 1.82) is 0 Å². The number of benzene rings is 1. The van der Waals surface area contributed by atoms with Crippen molar-refractivity contribution in [3.05, 3.63) is 29.8 Å². The lowest BCUT2D eigenvalue weighted by atomic mass is 10.1.